The molecule has 0 fully saturated rings. The predicted octanol–water partition coefficient (Wildman–Crippen LogP) is 16.9. The zero-order valence-electron chi connectivity index (χ0n) is 93.3. The Bertz CT molecular complexity index is 7960. The van der Waals surface area contributed by atoms with Crippen LogP contribution in [0.3, 0.4) is 0 Å². The SMILES string of the molecule is [2H]c1c(C(C)=O)c(NC(=O)c2sccc2S(=O)(=O)Nc2onc(C)c2C([2H])([2H])[2H])c(C([2H])([2H])[2H])c([2H])c1C([2H])([2H])[2H].[2H]c1c(C(C)=O)c(NC(=O)c2sccc2S(=O)(=O)Nc2onc(C)c2C)c(C([2H])([2H])[2H])c([2H])c1C([2H])([2H])[2H].[2H]c1c(C)c([2H])c(C(C)=O)c(NC(=O)c2sccc2S(=O)(=O)Nc2onc(C([2H])([2H])[2H])c2C)c1C.[2H]c1c(C)c([2H])c(C(C)=O)c(NC(=O)c2sccc2S(=O)(=O)Nc2onc(C)c2C([2H])([2H])[2H])c1C. The molecule has 4 amide bonds. The fourth-order valence-electron chi connectivity index (χ4n) is 10.2. The highest BCUT2D eigenvalue weighted by Crippen LogP contribution is 2.36. The number of ketones is 4. The van der Waals surface area contributed by atoms with Gasteiger partial charge >= 0.3 is 0 Å². The smallest absolute Gasteiger partial charge is 0.267 e. The molecule has 0 spiro atoms. The number of thiophene rings is 4. The average molecular weight is 1820 g/mol. The van der Waals surface area contributed by atoms with Crippen LogP contribution in [0.15, 0.2) is 132 Å². The van der Waals surface area contributed by atoms with Crippen LogP contribution < -0.4 is 40.2 Å². The lowest BCUT2D eigenvalue weighted by Crippen LogP contribution is -2.20. The maximum Gasteiger partial charge on any atom is 0.267 e. The van der Waals surface area contributed by atoms with Gasteiger partial charge in [0.25, 0.3) is 63.7 Å². The molecule has 0 saturated heterocycles. The van der Waals surface area contributed by atoms with Gasteiger partial charge in [-0.1, -0.05) is 44.8 Å². The summed E-state index contributed by atoms with van der Waals surface area (Å²) in [6.07, 6.45) is 0. The molecule has 0 unspecified atom stereocenters. The molecule has 0 aliphatic heterocycles. The highest BCUT2D eigenvalue weighted by Gasteiger charge is 2.33. The first-order valence-corrected chi connectivity index (χ1v) is 43.0. The van der Waals surface area contributed by atoms with Gasteiger partial charge in [0.2, 0.25) is 23.5 Å². The van der Waals surface area contributed by atoms with Gasteiger partial charge < -0.3 is 39.4 Å². The molecular weight excluding hydrogens is 1710 g/mol. The summed E-state index contributed by atoms with van der Waals surface area (Å²) < 4.78 is 359. The molecule has 4 aromatic carbocycles. The fraction of sp³-hybridized carbons (Fsp3) is 0.250. The number of Topliss-reactive ketones (excluding diaryl/α,β-unsaturated/α-hetero) is 4. The van der Waals surface area contributed by atoms with E-state index in [-0.39, 0.29) is 102 Å². The topological polar surface area (TPSA) is 473 Å². The summed E-state index contributed by atoms with van der Waals surface area (Å²) in [5.74, 6) is -9.05. The lowest BCUT2D eigenvalue weighted by atomic mass is 10.0. The second-order valence-electron chi connectivity index (χ2n) is 25.1. The molecule has 8 aromatic heterocycles. The molecule has 12 rings (SSSR count). The van der Waals surface area contributed by atoms with Crippen LogP contribution in [0.1, 0.15) is 237 Å². The number of rotatable bonds is 24. The number of nitrogens with zero attached hydrogens (tertiary/aromatic N) is 4. The van der Waals surface area contributed by atoms with E-state index in [1.165, 1.54) is 89.9 Å². The summed E-state index contributed by atoms with van der Waals surface area (Å²) in [4.78, 5) is 98.6. The number of amides is 4. The van der Waals surface area contributed by atoms with Gasteiger partial charge in [-0.25, -0.2) is 52.6 Å². The first-order chi connectivity index (χ1) is 67.9. The second kappa shape index (κ2) is 37.2. The zero-order chi connectivity index (χ0) is 113. The molecule has 32 nitrogen and oxygen atoms in total. The molecule has 40 heteroatoms. The Kier molecular flexibility index (Phi) is 18.2. The highest BCUT2D eigenvalue weighted by atomic mass is 32.2. The Hall–Kier alpha value is -11.9. The van der Waals surface area contributed by atoms with Crippen LogP contribution in [0.5, 0.6) is 0 Å². The number of benzene rings is 4. The third-order valence-electron chi connectivity index (χ3n) is 16.2. The fourth-order valence-corrected chi connectivity index (χ4v) is 19.6. The first kappa shape index (κ1) is 58.9. The molecule has 632 valence electrons. The molecule has 0 aliphatic carbocycles. The quantitative estimate of drug-likeness (QED) is 0.0260. The van der Waals surface area contributed by atoms with Gasteiger partial charge in [0, 0.05) is 73.3 Å². The minimum atomic E-state index is -4.73. The maximum absolute atomic E-state index is 13.3. The van der Waals surface area contributed by atoms with Crippen LogP contribution in [0.2, 0.25) is 0 Å². The monoisotopic (exact) mass is 1820 g/mol. The minimum Gasteiger partial charge on any atom is -0.337 e. The van der Waals surface area contributed by atoms with Crippen LogP contribution in [-0.4, -0.2) is 101 Å². The van der Waals surface area contributed by atoms with Crippen molar-refractivity contribution in [3.8, 4) is 0 Å². The van der Waals surface area contributed by atoms with Gasteiger partial charge in [0.1, 0.15) is 39.1 Å². The van der Waals surface area contributed by atoms with Crippen LogP contribution >= 0.6 is 45.3 Å². The molecule has 8 heterocycles. The van der Waals surface area contributed by atoms with Gasteiger partial charge in [-0.2, -0.15) is 0 Å². The Morgan fingerprint density at radius 3 is 0.792 bits per heavy atom. The van der Waals surface area contributed by atoms with Crippen LogP contribution in [-0.2, 0) is 40.1 Å². The number of nitrogens with one attached hydrogen (secondary N) is 8. The second-order valence-corrected chi connectivity index (χ2v) is 35.3. The standard InChI is InChI=1S/4C20H21N3O5S2/c4*1-10-8-11(2)17(15(9-10)14(5)24)21-19(25)18-16(6-7-29-18)30(26,27)23-20-12(3)13(4)22-28-20/h4*6-9,23H,1-5H3,(H,21,25)/i1D3,2D3,3D3,8D,9D;1D3,2D3,8D,9D;4D3,8D,9D;3D3,8D,9D. The van der Waals surface area contributed by atoms with Gasteiger partial charge in [-0.05, 0) is 252 Å². The molecule has 8 N–H and O–H groups in total. The molecule has 0 bridgehead atoms. The summed E-state index contributed by atoms with van der Waals surface area (Å²) in [6, 6.07) is -0.153. The number of aryl methyl sites for hydroxylation is 4. The lowest BCUT2D eigenvalue weighted by Gasteiger charge is -2.14. The van der Waals surface area contributed by atoms with Gasteiger partial charge in [-0.15, -0.1) is 45.3 Å². The van der Waals surface area contributed by atoms with Crippen molar-refractivity contribution in [1.29, 1.82) is 0 Å². The summed E-state index contributed by atoms with van der Waals surface area (Å²) in [5.41, 5.74) is -7.00. The van der Waals surface area contributed by atoms with Crippen molar-refractivity contribution in [2.75, 3.05) is 40.2 Å². The lowest BCUT2D eigenvalue weighted by molar-refractivity contribution is 0.100. The Labute approximate surface area is 748 Å². The maximum atomic E-state index is 13.3. The van der Waals surface area contributed by atoms with Crippen molar-refractivity contribution >= 4 is 178 Å². The zero-order valence-corrected chi connectivity index (χ0v) is 70.9. The van der Waals surface area contributed by atoms with E-state index in [1.54, 1.807) is 13.8 Å². The number of carbonyl (C=O) groups is 8. The molecule has 120 heavy (non-hydrogen) atoms. The predicted molar refractivity (Wildman–Crippen MR) is 460 cm³/mol. The van der Waals surface area contributed by atoms with Crippen LogP contribution in [0.4, 0.5) is 46.3 Å². The van der Waals surface area contributed by atoms with E-state index in [0.717, 1.165) is 54.7 Å². The highest BCUT2D eigenvalue weighted by molar-refractivity contribution is 7.94. The van der Waals surface area contributed by atoms with E-state index in [1.807, 2.05) is 9.44 Å². The first-order valence-electron chi connectivity index (χ1n) is 48.0. The van der Waals surface area contributed by atoms with Gasteiger partial charge in [-0.3, -0.25) is 38.4 Å². The van der Waals surface area contributed by atoms with Crippen LogP contribution in [0.25, 0.3) is 0 Å². The summed E-state index contributed by atoms with van der Waals surface area (Å²) in [6.45, 7) is -3.39. The van der Waals surface area contributed by atoms with E-state index < -0.39 is 268 Å². The van der Waals surface area contributed by atoms with E-state index in [0.29, 0.717) is 33.9 Å². The Morgan fingerprint density at radius 1 is 0.317 bits per heavy atom. The van der Waals surface area contributed by atoms with Crippen molar-refractivity contribution in [2.45, 2.75) is 158 Å². The summed E-state index contributed by atoms with van der Waals surface area (Å²) >= 11 is 2.86. The third kappa shape index (κ3) is 21.0. The number of aromatic nitrogens is 4. The average Bonchev–Trinajstić information content (AvgIpc) is 1.13. The number of hydrogen-bond donors (Lipinski definition) is 8. The van der Waals surface area contributed by atoms with E-state index in [9.17, 15) is 72.0 Å². The number of anilines is 8. The van der Waals surface area contributed by atoms with Crippen molar-refractivity contribution in [3.63, 3.8) is 0 Å². The molecule has 0 atom stereocenters. The van der Waals surface area contributed by atoms with Gasteiger partial charge in [0.05, 0.1) is 56.5 Å². The summed E-state index contributed by atoms with van der Waals surface area (Å²) in [5, 5.41) is 28.4. The molecule has 0 aliphatic rings. The number of hydrogen-bond acceptors (Lipinski definition) is 28. The number of carbonyl (C=O) groups excluding carboxylic acids is 8. The largest absolute Gasteiger partial charge is 0.337 e. The minimum absolute atomic E-state index is 0.0185. The van der Waals surface area contributed by atoms with E-state index in [2.05, 4.69) is 51.3 Å². The molecule has 12 aromatic rings. The number of sulfonamides is 4. The normalized spacial score (nSPS) is 15.6. The Balaban J connectivity index is 0.000000221. The Morgan fingerprint density at radius 2 is 0.558 bits per heavy atom. The van der Waals surface area contributed by atoms with Crippen molar-refractivity contribution in [2.24, 2.45) is 0 Å². The van der Waals surface area contributed by atoms with Crippen molar-refractivity contribution < 1.29 is 130 Å². The van der Waals surface area contributed by atoms with Crippen LogP contribution in [0, 0.1) is 110 Å². The molecule has 0 radical (unpaired) electrons. The molecule has 0 saturated carbocycles. The molecular formula is C80H84N12O20S8. The van der Waals surface area contributed by atoms with Gasteiger partial charge in [0.15, 0.2) is 23.1 Å². The van der Waals surface area contributed by atoms with Crippen molar-refractivity contribution in [1.82, 2.24) is 20.6 Å². The van der Waals surface area contributed by atoms with E-state index in [4.69, 9.17) is 57.8 Å². The summed E-state index contributed by atoms with van der Waals surface area (Å²) in [7, 11) is -18.0. The van der Waals surface area contributed by atoms with E-state index >= 15 is 0 Å². The van der Waals surface area contributed by atoms with Crippen molar-refractivity contribution in [3.05, 3.63) is 225 Å². The third-order valence-corrected chi connectivity index (χ3v) is 25.9.